The number of carbonyl (C=O) groups is 1. The van der Waals surface area contributed by atoms with Crippen LogP contribution >= 0.6 is 0 Å². The summed E-state index contributed by atoms with van der Waals surface area (Å²) in [5.74, 6) is 0.223. The van der Waals surface area contributed by atoms with Gasteiger partial charge in [0.15, 0.2) is 5.82 Å². The van der Waals surface area contributed by atoms with Crippen LogP contribution in [0.15, 0.2) is 18.5 Å². The first-order chi connectivity index (χ1) is 6.61. The summed E-state index contributed by atoms with van der Waals surface area (Å²) >= 11 is 0. The molecule has 0 saturated carbocycles. The molecule has 0 aliphatic rings. The highest BCUT2D eigenvalue weighted by molar-refractivity contribution is 5.64. The molecule has 0 bridgehead atoms. The highest BCUT2D eigenvalue weighted by Gasteiger charge is 2.15. The minimum Gasteiger partial charge on any atom is -0.465 e. The van der Waals surface area contributed by atoms with Crippen molar-refractivity contribution in [2.45, 2.75) is 6.10 Å². The van der Waals surface area contributed by atoms with Gasteiger partial charge in [-0.25, -0.2) is 14.8 Å². The normalized spacial score (nSPS) is 12.1. The quantitative estimate of drug-likeness (QED) is 0.718. The van der Waals surface area contributed by atoms with Gasteiger partial charge in [0, 0.05) is 19.4 Å². The summed E-state index contributed by atoms with van der Waals surface area (Å²) in [7, 11) is 1.37. The Morgan fingerprint density at radius 2 is 2.14 bits per heavy atom. The molecule has 1 aromatic rings. The van der Waals surface area contributed by atoms with Gasteiger partial charge in [0.1, 0.15) is 6.10 Å². The third-order valence-electron chi connectivity index (χ3n) is 1.66. The fourth-order valence-electron chi connectivity index (χ4n) is 0.902. The van der Waals surface area contributed by atoms with Gasteiger partial charge in [-0.15, -0.1) is 0 Å². The lowest BCUT2D eigenvalue weighted by Crippen LogP contribution is -2.30. The Kier molecular flexibility index (Phi) is 3.35. The van der Waals surface area contributed by atoms with Gasteiger partial charge in [-0.05, 0) is 6.07 Å². The summed E-state index contributed by atoms with van der Waals surface area (Å²) in [6, 6.07) is 1.62. The highest BCUT2D eigenvalue weighted by atomic mass is 16.4. The predicted molar refractivity (Wildman–Crippen MR) is 47.6 cm³/mol. The van der Waals surface area contributed by atoms with E-state index in [1.807, 2.05) is 0 Å². The van der Waals surface area contributed by atoms with Crippen molar-refractivity contribution in [1.29, 1.82) is 0 Å². The third kappa shape index (κ3) is 2.67. The van der Waals surface area contributed by atoms with Crippen molar-refractivity contribution < 1.29 is 15.0 Å². The van der Waals surface area contributed by atoms with Gasteiger partial charge < -0.3 is 15.1 Å². The summed E-state index contributed by atoms with van der Waals surface area (Å²) in [5, 5.41) is 18.1. The maximum Gasteiger partial charge on any atom is 0.407 e. The van der Waals surface area contributed by atoms with Crippen LogP contribution in [0, 0.1) is 0 Å². The fourth-order valence-corrected chi connectivity index (χ4v) is 0.902. The van der Waals surface area contributed by atoms with Gasteiger partial charge in [0.05, 0.1) is 6.54 Å². The van der Waals surface area contributed by atoms with Gasteiger partial charge in [-0.2, -0.15) is 0 Å². The van der Waals surface area contributed by atoms with Crippen LogP contribution < -0.4 is 0 Å². The molecule has 14 heavy (non-hydrogen) atoms. The van der Waals surface area contributed by atoms with Crippen molar-refractivity contribution in [3.8, 4) is 0 Å². The Bertz CT molecular complexity index is 304. The monoisotopic (exact) mass is 197 g/mol. The lowest BCUT2D eigenvalue weighted by atomic mass is 10.3. The minimum atomic E-state index is -1.10. The first-order valence-electron chi connectivity index (χ1n) is 4.00. The van der Waals surface area contributed by atoms with Gasteiger partial charge in [-0.3, -0.25) is 0 Å². The Hall–Kier alpha value is -1.69. The van der Waals surface area contributed by atoms with Gasteiger partial charge in [0.25, 0.3) is 0 Å². The Balaban J connectivity index is 2.59. The molecule has 0 spiro atoms. The molecule has 2 N–H and O–H groups in total. The van der Waals surface area contributed by atoms with Crippen LogP contribution in [0.25, 0.3) is 0 Å². The summed E-state index contributed by atoms with van der Waals surface area (Å²) in [6.07, 6.45) is 0.899. The number of amides is 1. The maximum atomic E-state index is 10.4. The first-order valence-corrected chi connectivity index (χ1v) is 4.00. The molecule has 6 nitrogen and oxygen atoms in total. The molecule has 0 radical (unpaired) electrons. The zero-order chi connectivity index (χ0) is 10.6. The summed E-state index contributed by atoms with van der Waals surface area (Å²) in [5.41, 5.74) is 0. The lowest BCUT2D eigenvalue weighted by Gasteiger charge is -2.16. The van der Waals surface area contributed by atoms with E-state index in [1.165, 1.54) is 19.4 Å². The molecule has 1 amide bonds. The van der Waals surface area contributed by atoms with Crippen molar-refractivity contribution in [3.63, 3.8) is 0 Å². The molecular weight excluding hydrogens is 186 g/mol. The van der Waals surface area contributed by atoms with E-state index in [1.54, 1.807) is 6.07 Å². The Morgan fingerprint density at radius 1 is 1.57 bits per heavy atom. The maximum absolute atomic E-state index is 10.4. The van der Waals surface area contributed by atoms with Gasteiger partial charge in [-0.1, -0.05) is 0 Å². The number of nitrogens with zero attached hydrogens (tertiary/aromatic N) is 3. The van der Waals surface area contributed by atoms with E-state index in [0.29, 0.717) is 0 Å². The molecule has 0 fully saturated rings. The zero-order valence-electron chi connectivity index (χ0n) is 7.66. The third-order valence-corrected chi connectivity index (χ3v) is 1.66. The van der Waals surface area contributed by atoms with E-state index < -0.39 is 12.2 Å². The second-order valence-corrected chi connectivity index (χ2v) is 2.79. The molecule has 1 heterocycles. The number of rotatable bonds is 3. The second kappa shape index (κ2) is 4.52. The van der Waals surface area contributed by atoms with E-state index in [4.69, 9.17) is 5.11 Å². The highest BCUT2D eigenvalue weighted by Crippen LogP contribution is 2.06. The Morgan fingerprint density at radius 3 is 2.64 bits per heavy atom. The molecule has 0 aliphatic heterocycles. The molecule has 1 aromatic heterocycles. The molecule has 0 aliphatic carbocycles. The standard InChI is InChI=1S/C8H11N3O3/c1-11(8(13)14)5-6(12)7-9-3-2-4-10-7/h2-4,6,12H,5H2,1H3,(H,13,14)/t6-/m1/s1. The van der Waals surface area contributed by atoms with E-state index in [0.717, 1.165) is 4.90 Å². The predicted octanol–water partition coefficient (Wildman–Crippen LogP) is 0.120. The van der Waals surface area contributed by atoms with E-state index >= 15 is 0 Å². The van der Waals surface area contributed by atoms with Crippen LogP contribution in [0.5, 0.6) is 0 Å². The van der Waals surface area contributed by atoms with Crippen molar-refractivity contribution in [2.24, 2.45) is 0 Å². The van der Waals surface area contributed by atoms with Crippen LogP contribution in [0.1, 0.15) is 11.9 Å². The summed E-state index contributed by atoms with van der Waals surface area (Å²) in [4.78, 5) is 19.0. The van der Waals surface area contributed by atoms with Crippen LogP contribution in [0.2, 0.25) is 0 Å². The minimum absolute atomic E-state index is 0.0423. The second-order valence-electron chi connectivity index (χ2n) is 2.79. The summed E-state index contributed by atoms with van der Waals surface area (Å²) in [6.45, 7) is -0.0423. The number of aromatic nitrogens is 2. The SMILES string of the molecule is CN(C[C@@H](O)c1ncccn1)C(=O)O. The van der Waals surface area contributed by atoms with Crippen molar-refractivity contribution in [3.05, 3.63) is 24.3 Å². The van der Waals surface area contributed by atoms with Gasteiger partial charge >= 0.3 is 6.09 Å². The average molecular weight is 197 g/mol. The van der Waals surface area contributed by atoms with Crippen molar-refractivity contribution >= 4 is 6.09 Å². The lowest BCUT2D eigenvalue weighted by molar-refractivity contribution is 0.104. The largest absolute Gasteiger partial charge is 0.465 e. The molecule has 1 rings (SSSR count). The van der Waals surface area contributed by atoms with Crippen LogP contribution in [-0.4, -0.2) is 44.8 Å². The topological polar surface area (TPSA) is 86.5 Å². The molecule has 76 valence electrons. The number of hydrogen-bond donors (Lipinski definition) is 2. The molecule has 0 aromatic carbocycles. The first kappa shape index (κ1) is 10.4. The molecule has 0 unspecified atom stereocenters. The number of aliphatic hydroxyl groups excluding tert-OH is 1. The van der Waals surface area contributed by atoms with E-state index in [2.05, 4.69) is 9.97 Å². The molecule has 0 saturated heterocycles. The molecule has 1 atom stereocenters. The summed E-state index contributed by atoms with van der Waals surface area (Å²) < 4.78 is 0. The van der Waals surface area contributed by atoms with E-state index in [9.17, 15) is 9.90 Å². The zero-order valence-corrected chi connectivity index (χ0v) is 7.66. The smallest absolute Gasteiger partial charge is 0.407 e. The number of aliphatic hydroxyl groups is 1. The average Bonchev–Trinajstić information content (AvgIpc) is 2.19. The Labute approximate surface area is 80.8 Å². The van der Waals surface area contributed by atoms with Crippen molar-refractivity contribution in [2.75, 3.05) is 13.6 Å². The number of carboxylic acid groups (broad SMARTS) is 1. The molecule has 6 heteroatoms. The fraction of sp³-hybridized carbons (Fsp3) is 0.375. The van der Waals surface area contributed by atoms with Crippen LogP contribution in [-0.2, 0) is 0 Å². The number of hydrogen-bond acceptors (Lipinski definition) is 4. The van der Waals surface area contributed by atoms with Crippen molar-refractivity contribution in [1.82, 2.24) is 14.9 Å². The van der Waals surface area contributed by atoms with E-state index in [-0.39, 0.29) is 12.4 Å². The number of likely N-dealkylation sites (N-methyl/N-ethyl adjacent to an activating group) is 1. The van der Waals surface area contributed by atoms with Crippen LogP contribution in [0.3, 0.4) is 0 Å². The van der Waals surface area contributed by atoms with Gasteiger partial charge in [0.2, 0.25) is 0 Å². The van der Waals surface area contributed by atoms with Crippen LogP contribution in [0.4, 0.5) is 4.79 Å². The molecular formula is C8H11N3O3.